The van der Waals surface area contributed by atoms with Gasteiger partial charge >= 0.3 is 0 Å². The summed E-state index contributed by atoms with van der Waals surface area (Å²) in [5, 5.41) is 3.19. The van der Waals surface area contributed by atoms with E-state index in [2.05, 4.69) is 23.2 Å². The maximum absolute atomic E-state index is 3.19. The highest BCUT2D eigenvalue weighted by Crippen LogP contribution is 2.09. The summed E-state index contributed by atoms with van der Waals surface area (Å²) in [6.45, 7) is 7.16. The molecule has 1 aliphatic rings. The highest BCUT2D eigenvalue weighted by molar-refractivity contribution is 5.04. The zero-order chi connectivity index (χ0) is 10.2. The van der Waals surface area contributed by atoms with Crippen molar-refractivity contribution in [2.75, 3.05) is 33.2 Å². The van der Waals surface area contributed by atoms with E-state index in [0.29, 0.717) is 0 Å². The molecule has 0 aliphatic carbocycles. The second kappa shape index (κ2) is 7.02. The molecule has 0 radical (unpaired) electrons. The molecule has 0 fully saturated rings. The van der Waals surface area contributed by atoms with Gasteiger partial charge in [0, 0.05) is 13.1 Å². The van der Waals surface area contributed by atoms with E-state index in [4.69, 9.17) is 0 Å². The van der Waals surface area contributed by atoms with Gasteiger partial charge in [-0.25, -0.2) is 0 Å². The lowest BCUT2D eigenvalue weighted by atomic mass is 10.1. The Labute approximate surface area is 88.4 Å². The first-order valence-corrected chi connectivity index (χ1v) is 5.85. The van der Waals surface area contributed by atoms with Crippen molar-refractivity contribution in [3.63, 3.8) is 0 Å². The van der Waals surface area contributed by atoms with Crippen LogP contribution in [-0.4, -0.2) is 38.1 Å². The molecule has 0 atom stereocenters. The Kier molecular flexibility index (Phi) is 5.88. The van der Waals surface area contributed by atoms with Crippen molar-refractivity contribution in [1.29, 1.82) is 0 Å². The van der Waals surface area contributed by atoms with Crippen molar-refractivity contribution < 1.29 is 0 Å². The standard InChI is InChI=1S/C12H24N2/c1-12-7-6-10-14(11-12)9-5-3-4-8-13-2/h7,13H,3-6,8-11H2,1-2H3. The van der Waals surface area contributed by atoms with Gasteiger partial charge in [-0.15, -0.1) is 0 Å². The van der Waals surface area contributed by atoms with Crippen LogP contribution in [0.1, 0.15) is 32.6 Å². The van der Waals surface area contributed by atoms with Gasteiger partial charge in [0.2, 0.25) is 0 Å². The molecule has 0 aromatic heterocycles. The Morgan fingerprint density at radius 3 is 2.93 bits per heavy atom. The van der Waals surface area contributed by atoms with Gasteiger partial charge in [0.15, 0.2) is 0 Å². The van der Waals surface area contributed by atoms with Crippen LogP contribution < -0.4 is 5.32 Å². The molecule has 0 aromatic carbocycles. The van der Waals surface area contributed by atoms with E-state index in [-0.39, 0.29) is 0 Å². The summed E-state index contributed by atoms with van der Waals surface area (Å²) in [6, 6.07) is 0. The molecule has 0 spiro atoms. The Bertz CT molecular complexity index is 175. The quantitative estimate of drug-likeness (QED) is 0.516. The van der Waals surface area contributed by atoms with Crippen LogP contribution in [0.15, 0.2) is 11.6 Å². The number of hydrogen-bond acceptors (Lipinski definition) is 2. The molecule has 0 saturated carbocycles. The van der Waals surface area contributed by atoms with E-state index in [1.165, 1.54) is 51.9 Å². The summed E-state index contributed by atoms with van der Waals surface area (Å²) in [6.07, 6.45) is 7.66. The molecule has 2 nitrogen and oxygen atoms in total. The second-order valence-electron chi connectivity index (χ2n) is 4.28. The number of hydrogen-bond donors (Lipinski definition) is 1. The van der Waals surface area contributed by atoms with Crippen molar-refractivity contribution in [3.05, 3.63) is 11.6 Å². The Morgan fingerprint density at radius 1 is 1.36 bits per heavy atom. The summed E-state index contributed by atoms with van der Waals surface area (Å²) in [5.74, 6) is 0. The summed E-state index contributed by atoms with van der Waals surface area (Å²) in [5.41, 5.74) is 1.55. The molecule has 82 valence electrons. The first-order chi connectivity index (χ1) is 6.83. The maximum Gasteiger partial charge on any atom is 0.0190 e. The predicted molar refractivity (Wildman–Crippen MR) is 62.6 cm³/mol. The van der Waals surface area contributed by atoms with Crippen LogP contribution in [0.2, 0.25) is 0 Å². The van der Waals surface area contributed by atoms with Gasteiger partial charge in [-0.2, -0.15) is 0 Å². The first kappa shape index (κ1) is 11.7. The van der Waals surface area contributed by atoms with E-state index >= 15 is 0 Å². The molecule has 1 rings (SSSR count). The van der Waals surface area contributed by atoms with Gasteiger partial charge in [0.05, 0.1) is 0 Å². The lowest BCUT2D eigenvalue weighted by Gasteiger charge is -2.25. The summed E-state index contributed by atoms with van der Waals surface area (Å²) < 4.78 is 0. The third kappa shape index (κ3) is 4.77. The number of unbranched alkanes of at least 4 members (excludes halogenated alkanes) is 2. The third-order valence-electron chi connectivity index (χ3n) is 2.81. The fraction of sp³-hybridized carbons (Fsp3) is 0.833. The Hall–Kier alpha value is -0.340. The van der Waals surface area contributed by atoms with Gasteiger partial charge in [0.25, 0.3) is 0 Å². The predicted octanol–water partition coefficient (Wildman–Crippen LogP) is 2.03. The van der Waals surface area contributed by atoms with Gasteiger partial charge < -0.3 is 5.32 Å². The normalized spacial score (nSPS) is 18.3. The van der Waals surface area contributed by atoms with Crippen molar-refractivity contribution in [2.24, 2.45) is 0 Å². The maximum atomic E-state index is 3.19. The van der Waals surface area contributed by atoms with E-state index in [0.717, 1.165) is 0 Å². The molecule has 1 heterocycles. The van der Waals surface area contributed by atoms with Crippen LogP contribution >= 0.6 is 0 Å². The minimum atomic E-state index is 1.17. The molecule has 0 bridgehead atoms. The number of nitrogens with one attached hydrogen (secondary N) is 1. The summed E-state index contributed by atoms with van der Waals surface area (Å²) >= 11 is 0. The Morgan fingerprint density at radius 2 is 2.21 bits per heavy atom. The smallest absolute Gasteiger partial charge is 0.0190 e. The topological polar surface area (TPSA) is 15.3 Å². The van der Waals surface area contributed by atoms with Gasteiger partial charge in [0.1, 0.15) is 0 Å². The fourth-order valence-electron chi connectivity index (χ4n) is 1.99. The summed E-state index contributed by atoms with van der Waals surface area (Å²) in [4.78, 5) is 2.58. The van der Waals surface area contributed by atoms with Gasteiger partial charge in [-0.05, 0) is 46.3 Å². The SMILES string of the molecule is CNCCCCCN1CCC=C(C)C1. The molecule has 2 heteroatoms. The van der Waals surface area contributed by atoms with Crippen molar-refractivity contribution in [3.8, 4) is 0 Å². The van der Waals surface area contributed by atoms with E-state index in [1.54, 1.807) is 5.57 Å². The van der Waals surface area contributed by atoms with Crippen molar-refractivity contribution >= 4 is 0 Å². The van der Waals surface area contributed by atoms with Crippen LogP contribution in [0.25, 0.3) is 0 Å². The second-order valence-corrected chi connectivity index (χ2v) is 4.28. The fourth-order valence-corrected chi connectivity index (χ4v) is 1.99. The molecule has 1 N–H and O–H groups in total. The molecular weight excluding hydrogens is 172 g/mol. The molecule has 1 aliphatic heterocycles. The van der Waals surface area contributed by atoms with Crippen LogP contribution in [0, 0.1) is 0 Å². The highest BCUT2D eigenvalue weighted by atomic mass is 15.1. The van der Waals surface area contributed by atoms with Crippen molar-refractivity contribution in [1.82, 2.24) is 10.2 Å². The van der Waals surface area contributed by atoms with E-state index in [9.17, 15) is 0 Å². The van der Waals surface area contributed by atoms with Gasteiger partial charge in [-0.1, -0.05) is 18.1 Å². The number of nitrogens with zero attached hydrogens (tertiary/aromatic N) is 1. The molecular formula is C12H24N2. The van der Waals surface area contributed by atoms with Crippen LogP contribution in [0.3, 0.4) is 0 Å². The van der Waals surface area contributed by atoms with E-state index in [1.807, 2.05) is 7.05 Å². The lowest BCUT2D eigenvalue weighted by molar-refractivity contribution is 0.283. The van der Waals surface area contributed by atoms with Crippen molar-refractivity contribution in [2.45, 2.75) is 32.6 Å². The zero-order valence-corrected chi connectivity index (χ0v) is 9.68. The number of rotatable bonds is 6. The molecule has 0 aromatic rings. The zero-order valence-electron chi connectivity index (χ0n) is 9.68. The third-order valence-corrected chi connectivity index (χ3v) is 2.81. The monoisotopic (exact) mass is 196 g/mol. The molecule has 0 amide bonds. The largest absolute Gasteiger partial charge is 0.320 e. The lowest BCUT2D eigenvalue weighted by Crippen LogP contribution is -2.30. The van der Waals surface area contributed by atoms with Crippen LogP contribution in [0.4, 0.5) is 0 Å². The molecule has 14 heavy (non-hydrogen) atoms. The average molecular weight is 196 g/mol. The molecule has 0 saturated heterocycles. The minimum absolute atomic E-state index is 1.17. The average Bonchev–Trinajstić information content (AvgIpc) is 2.18. The van der Waals surface area contributed by atoms with Crippen LogP contribution in [-0.2, 0) is 0 Å². The summed E-state index contributed by atoms with van der Waals surface area (Å²) in [7, 11) is 2.03. The van der Waals surface area contributed by atoms with E-state index < -0.39 is 0 Å². The molecule has 0 unspecified atom stereocenters. The highest BCUT2D eigenvalue weighted by Gasteiger charge is 2.08. The Balaban J connectivity index is 1.99. The van der Waals surface area contributed by atoms with Gasteiger partial charge in [-0.3, -0.25) is 4.90 Å². The minimum Gasteiger partial charge on any atom is -0.320 e. The first-order valence-electron chi connectivity index (χ1n) is 5.85. The van der Waals surface area contributed by atoms with Crippen LogP contribution in [0.5, 0.6) is 0 Å².